The Kier molecular flexibility index (Phi) is 3.92. The molecule has 0 bridgehead atoms. The van der Waals surface area contributed by atoms with Crippen molar-refractivity contribution < 1.29 is 4.79 Å². The van der Waals surface area contributed by atoms with Crippen LogP contribution < -0.4 is 0 Å². The summed E-state index contributed by atoms with van der Waals surface area (Å²) in [5, 5.41) is -0.440. The van der Waals surface area contributed by atoms with Crippen molar-refractivity contribution in [1.29, 1.82) is 0 Å². The van der Waals surface area contributed by atoms with Gasteiger partial charge in [-0.05, 0) is 11.6 Å². The summed E-state index contributed by atoms with van der Waals surface area (Å²) in [6.07, 6.45) is 0. The standard InChI is InChI=1S/C14H12OS2/c15-13(11-8-4-5-9-12(11)16)14(17)10-6-2-1-3-7-10/h1-9,14,16-17H. The fourth-order valence-electron chi connectivity index (χ4n) is 1.62. The lowest BCUT2D eigenvalue weighted by atomic mass is 10.0. The zero-order valence-corrected chi connectivity index (χ0v) is 10.9. The van der Waals surface area contributed by atoms with E-state index in [4.69, 9.17) is 0 Å². The van der Waals surface area contributed by atoms with Gasteiger partial charge in [0.25, 0.3) is 0 Å². The highest BCUT2D eigenvalue weighted by molar-refractivity contribution is 7.81. The first-order valence-electron chi connectivity index (χ1n) is 5.25. The van der Waals surface area contributed by atoms with Crippen molar-refractivity contribution >= 4 is 31.0 Å². The molecule has 0 aromatic heterocycles. The molecular weight excluding hydrogens is 248 g/mol. The Bertz CT molecular complexity index is 523. The molecule has 3 heteroatoms. The van der Waals surface area contributed by atoms with E-state index < -0.39 is 5.25 Å². The van der Waals surface area contributed by atoms with Crippen molar-refractivity contribution in [3.63, 3.8) is 0 Å². The van der Waals surface area contributed by atoms with Gasteiger partial charge in [-0.3, -0.25) is 4.79 Å². The summed E-state index contributed by atoms with van der Waals surface area (Å²) >= 11 is 8.68. The molecule has 0 saturated carbocycles. The summed E-state index contributed by atoms with van der Waals surface area (Å²) in [4.78, 5) is 12.9. The Morgan fingerprint density at radius 2 is 1.53 bits per heavy atom. The van der Waals surface area contributed by atoms with Crippen LogP contribution in [0.3, 0.4) is 0 Å². The Labute approximate surface area is 112 Å². The molecule has 0 amide bonds. The zero-order valence-electron chi connectivity index (χ0n) is 9.08. The molecule has 0 N–H and O–H groups in total. The van der Waals surface area contributed by atoms with Gasteiger partial charge in [0.15, 0.2) is 5.78 Å². The molecular formula is C14H12OS2. The molecule has 86 valence electrons. The number of rotatable bonds is 3. The predicted molar refractivity (Wildman–Crippen MR) is 76.2 cm³/mol. The van der Waals surface area contributed by atoms with Crippen molar-refractivity contribution in [2.45, 2.75) is 10.1 Å². The van der Waals surface area contributed by atoms with E-state index in [0.717, 1.165) is 5.56 Å². The highest BCUT2D eigenvalue weighted by Crippen LogP contribution is 2.26. The van der Waals surface area contributed by atoms with E-state index >= 15 is 0 Å². The quantitative estimate of drug-likeness (QED) is 0.633. The maximum Gasteiger partial charge on any atom is 0.181 e. The van der Waals surface area contributed by atoms with E-state index in [-0.39, 0.29) is 5.78 Å². The first kappa shape index (κ1) is 12.3. The van der Waals surface area contributed by atoms with Gasteiger partial charge in [-0.15, -0.1) is 12.6 Å². The van der Waals surface area contributed by atoms with Crippen LogP contribution in [-0.2, 0) is 0 Å². The number of carbonyl (C=O) groups is 1. The molecule has 2 rings (SSSR count). The largest absolute Gasteiger partial charge is 0.293 e. The summed E-state index contributed by atoms with van der Waals surface area (Å²) in [6, 6.07) is 16.8. The molecule has 2 aromatic rings. The molecule has 1 unspecified atom stereocenters. The van der Waals surface area contributed by atoms with Crippen molar-refractivity contribution in [2.24, 2.45) is 0 Å². The minimum atomic E-state index is -0.440. The van der Waals surface area contributed by atoms with Crippen LogP contribution in [0.1, 0.15) is 21.2 Å². The minimum absolute atomic E-state index is 0.0230. The van der Waals surface area contributed by atoms with Gasteiger partial charge in [0, 0.05) is 10.5 Å². The molecule has 1 nitrogen and oxygen atoms in total. The average Bonchev–Trinajstić information content (AvgIpc) is 2.39. The molecule has 0 saturated heterocycles. The monoisotopic (exact) mass is 260 g/mol. The maximum absolute atomic E-state index is 12.2. The lowest BCUT2D eigenvalue weighted by Crippen LogP contribution is -2.08. The Hall–Kier alpha value is -1.19. The van der Waals surface area contributed by atoms with Crippen LogP contribution in [0.15, 0.2) is 59.5 Å². The summed E-state index contributed by atoms with van der Waals surface area (Å²) in [5.41, 5.74) is 1.51. The van der Waals surface area contributed by atoms with Gasteiger partial charge in [-0.1, -0.05) is 48.5 Å². The third-order valence-electron chi connectivity index (χ3n) is 2.53. The molecule has 0 fully saturated rings. The molecule has 2 aromatic carbocycles. The number of carbonyl (C=O) groups excluding carboxylic acids is 1. The third kappa shape index (κ3) is 2.73. The fourth-order valence-corrected chi connectivity index (χ4v) is 2.20. The minimum Gasteiger partial charge on any atom is -0.293 e. The molecule has 1 atom stereocenters. The Balaban J connectivity index is 2.30. The second kappa shape index (κ2) is 5.43. The topological polar surface area (TPSA) is 17.1 Å². The third-order valence-corrected chi connectivity index (χ3v) is 3.46. The first-order valence-corrected chi connectivity index (χ1v) is 6.21. The van der Waals surface area contributed by atoms with Crippen LogP contribution in [0.5, 0.6) is 0 Å². The fraction of sp³-hybridized carbons (Fsp3) is 0.0714. The summed E-state index contributed by atoms with van der Waals surface area (Å²) in [5.74, 6) is -0.0230. The first-order chi connectivity index (χ1) is 8.20. The maximum atomic E-state index is 12.2. The normalized spacial score (nSPS) is 12.1. The Morgan fingerprint density at radius 3 is 2.18 bits per heavy atom. The van der Waals surface area contributed by atoms with E-state index in [1.807, 2.05) is 48.5 Å². The van der Waals surface area contributed by atoms with Gasteiger partial charge >= 0.3 is 0 Å². The number of hydrogen-bond donors (Lipinski definition) is 2. The average molecular weight is 260 g/mol. The van der Waals surface area contributed by atoms with Gasteiger partial charge in [0.2, 0.25) is 0 Å². The molecule has 0 radical (unpaired) electrons. The highest BCUT2D eigenvalue weighted by atomic mass is 32.1. The van der Waals surface area contributed by atoms with Crippen molar-refractivity contribution in [3.8, 4) is 0 Å². The van der Waals surface area contributed by atoms with E-state index in [9.17, 15) is 4.79 Å². The molecule has 0 aliphatic rings. The molecule has 0 aliphatic heterocycles. The summed E-state index contributed by atoms with van der Waals surface area (Å²) < 4.78 is 0. The summed E-state index contributed by atoms with van der Waals surface area (Å²) in [7, 11) is 0. The Morgan fingerprint density at radius 1 is 0.941 bits per heavy atom. The number of hydrogen-bond acceptors (Lipinski definition) is 3. The van der Waals surface area contributed by atoms with Crippen molar-refractivity contribution in [1.82, 2.24) is 0 Å². The molecule has 0 aliphatic carbocycles. The number of thiol groups is 2. The van der Waals surface area contributed by atoms with Crippen molar-refractivity contribution in [2.75, 3.05) is 0 Å². The van der Waals surface area contributed by atoms with E-state index in [2.05, 4.69) is 25.3 Å². The predicted octanol–water partition coefficient (Wildman–Crippen LogP) is 3.83. The lowest BCUT2D eigenvalue weighted by Gasteiger charge is -2.11. The molecule has 0 heterocycles. The van der Waals surface area contributed by atoms with Gasteiger partial charge in [-0.2, -0.15) is 12.6 Å². The van der Waals surface area contributed by atoms with Gasteiger partial charge < -0.3 is 0 Å². The van der Waals surface area contributed by atoms with E-state index in [1.54, 1.807) is 6.07 Å². The van der Waals surface area contributed by atoms with Gasteiger partial charge in [0.05, 0.1) is 5.25 Å². The van der Waals surface area contributed by atoms with Crippen molar-refractivity contribution in [3.05, 3.63) is 65.7 Å². The number of ketones is 1. The molecule has 17 heavy (non-hydrogen) atoms. The van der Waals surface area contributed by atoms with Crippen LogP contribution in [-0.4, -0.2) is 5.78 Å². The van der Waals surface area contributed by atoms with E-state index in [1.165, 1.54) is 0 Å². The van der Waals surface area contributed by atoms with Crippen LogP contribution >= 0.6 is 25.3 Å². The second-order valence-electron chi connectivity index (χ2n) is 3.69. The number of benzene rings is 2. The van der Waals surface area contributed by atoms with Crippen LogP contribution in [0.25, 0.3) is 0 Å². The van der Waals surface area contributed by atoms with Crippen LogP contribution in [0.2, 0.25) is 0 Å². The highest BCUT2D eigenvalue weighted by Gasteiger charge is 2.19. The number of Topliss-reactive ketones (excluding diaryl/α,β-unsaturated/α-hetero) is 1. The van der Waals surface area contributed by atoms with Crippen LogP contribution in [0, 0.1) is 0 Å². The molecule has 0 spiro atoms. The van der Waals surface area contributed by atoms with Gasteiger partial charge in [-0.25, -0.2) is 0 Å². The second-order valence-corrected chi connectivity index (χ2v) is 4.69. The summed E-state index contributed by atoms with van der Waals surface area (Å²) in [6.45, 7) is 0. The van der Waals surface area contributed by atoms with Gasteiger partial charge in [0.1, 0.15) is 0 Å². The smallest absolute Gasteiger partial charge is 0.181 e. The van der Waals surface area contributed by atoms with Crippen LogP contribution in [0.4, 0.5) is 0 Å². The van der Waals surface area contributed by atoms with E-state index in [0.29, 0.717) is 10.5 Å². The zero-order chi connectivity index (χ0) is 12.3. The lowest BCUT2D eigenvalue weighted by molar-refractivity contribution is 0.0987. The SMILES string of the molecule is O=C(c1ccccc1S)C(S)c1ccccc1.